The summed E-state index contributed by atoms with van der Waals surface area (Å²) < 4.78 is 8.08. The highest BCUT2D eigenvalue weighted by atomic mass is 35.5. The van der Waals surface area contributed by atoms with Crippen LogP contribution in [0.3, 0.4) is 0 Å². The van der Waals surface area contributed by atoms with Crippen molar-refractivity contribution in [3.63, 3.8) is 0 Å². The summed E-state index contributed by atoms with van der Waals surface area (Å²) in [6.45, 7) is 3.58. The van der Waals surface area contributed by atoms with E-state index in [2.05, 4.69) is 23.6 Å². The maximum absolute atomic E-state index is 6.26. The number of halogens is 1. The van der Waals surface area contributed by atoms with Gasteiger partial charge in [-0.25, -0.2) is 0 Å². The first-order valence-electron chi connectivity index (χ1n) is 6.74. The monoisotopic (exact) mass is 285 g/mol. The Kier molecular flexibility index (Phi) is 3.66. The molecule has 0 radical (unpaired) electrons. The van der Waals surface area contributed by atoms with E-state index < -0.39 is 0 Å². The molecule has 0 aliphatic carbocycles. The van der Waals surface area contributed by atoms with E-state index in [0.29, 0.717) is 6.61 Å². The Morgan fingerprint density at radius 3 is 2.60 bits per heavy atom. The molecule has 0 aliphatic heterocycles. The summed E-state index contributed by atoms with van der Waals surface area (Å²) in [5.41, 5.74) is 2.30. The maximum Gasteiger partial charge on any atom is 0.128 e. The molecule has 0 N–H and O–H groups in total. The van der Waals surface area contributed by atoms with Gasteiger partial charge in [0.1, 0.15) is 12.4 Å². The lowest BCUT2D eigenvalue weighted by atomic mass is 10.2. The van der Waals surface area contributed by atoms with Crippen LogP contribution >= 0.6 is 11.6 Å². The normalized spacial score (nSPS) is 10.9. The van der Waals surface area contributed by atoms with Crippen molar-refractivity contribution >= 4 is 22.5 Å². The van der Waals surface area contributed by atoms with E-state index in [-0.39, 0.29) is 0 Å². The van der Waals surface area contributed by atoms with Gasteiger partial charge in [-0.05, 0) is 37.3 Å². The average Bonchev–Trinajstić information content (AvgIpc) is 2.85. The first-order valence-corrected chi connectivity index (χ1v) is 7.12. The number of para-hydroxylation sites is 1. The molecule has 1 heterocycles. The molecule has 0 spiro atoms. The van der Waals surface area contributed by atoms with Crippen molar-refractivity contribution in [3.05, 3.63) is 65.3 Å². The smallest absolute Gasteiger partial charge is 0.128 e. The summed E-state index contributed by atoms with van der Waals surface area (Å²) in [5.74, 6) is 0.881. The summed E-state index contributed by atoms with van der Waals surface area (Å²) in [5, 5.41) is 1.87. The summed E-state index contributed by atoms with van der Waals surface area (Å²) in [6.07, 6.45) is 0. The van der Waals surface area contributed by atoms with Crippen molar-refractivity contribution in [2.75, 3.05) is 0 Å². The van der Waals surface area contributed by atoms with Crippen LogP contribution in [-0.4, -0.2) is 4.57 Å². The van der Waals surface area contributed by atoms with Crippen LogP contribution in [0.25, 0.3) is 10.9 Å². The Hall–Kier alpha value is -1.93. The third-order valence-electron chi connectivity index (χ3n) is 3.42. The van der Waals surface area contributed by atoms with Gasteiger partial charge in [0, 0.05) is 22.5 Å². The predicted octanol–water partition coefficient (Wildman–Crippen LogP) is 4.89. The van der Waals surface area contributed by atoms with Crippen LogP contribution in [0.2, 0.25) is 5.02 Å². The number of ether oxygens (including phenoxy) is 1. The summed E-state index contributed by atoms with van der Waals surface area (Å²) >= 11 is 6.26. The first-order chi connectivity index (χ1) is 9.79. The van der Waals surface area contributed by atoms with Crippen LogP contribution in [0.4, 0.5) is 0 Å². The zero-order valence-electron chi connectivity index (χ0n) is 11.3. The summed E-state index contributed by atoms with van der Waals surface area (Å²) in [4.78, 5) is 0. The topological polar surface area (TPSA) is 14.2 Å². The molecule has 102 valence electrons. The van der Waals surface area contributed by atoms with Crippen molar-refractivity contribution < 1.29 is 4.74 Å². The maximum atomic E-state index is 6.26. The highest BCUT2D eigenvalue weighted by Crippen LogP contribution is 2.27. The van der Waals surface area contributed by atoms with E-state index >= 15 is 0 Å². The Labute approximate surface area is 123 Å². The van der Waals surface area contributed by atoms with E-state index in [4.69, 9.17) is 16.3 Å². The third-order valence-corrected chi connectivity index (χ3v) is 3.75. The molecule has 3 rings (SSSR count). The van der Waals surface area contributed by atoms with Crippen molar-refractivity contribution in [3.8, 4) is 5.75 Å². The number of benzene rings is 2. The Balaban J connectivity index is 1.93. The van der Waals surface area contributed by atoms with Crippen LogP contribution in [-0.2, 0) is 13.2 Å². The van der Waals surface area contributed by atoms with Crippen molar-refractivity contribution in [2.45, 2.75) is 20.1 Å². The van der Waals surface area contributed by atoms with Gasteiger partial charge in [0.05, 0.1) is 5.69 Å². The number of hydrogen-bond donors (Lipinski definition) is 0. The number of nitrogens with zero attached hydrogens (tertiary/aromatic N) is 1. The summed E-state index contributed by atoms with van der Waals surface area (Å²) in [7, 11) is 0. The van der Waals surface area contributed by atoms with Gasteiger partial charge < -0.3 is 9.30 Å². The molecule has 0 saturated heterocycles. The molecule has 1 aromatic heterocycles. The fourth-order valence-corrected chi connectivity index (χ4v) is 2.69. The third kappa shape index (κ3) is 2.39. The van der Waals surface area contributed by atoms with Crippen LogP contribution < -0.4 is 4.74 Å². The molecular formula is C17H16ClNO. The summed E-state index contributed by atoms with van der Waals surface area (Å²) in [6, 6.07) is 18.0. The van der Waals surface area contributed by atoms with E-state index in [0.717, 1.165) is 33.9 Å². The van der Waals surface area contributed by atoms with Gasteiger partial charge in [-0.1, -0.05) is 35.9 Å². The molecule has 2 nitrogen and oxygen atoms in total. The van der Waals surface area contributed by atoms with Crippen LogP contribution in [0.5, 0.6) is 5.75 Å². The fourth-order valence-electron chi connectivity index (χ4n) is 2.47. The van der Waals surface area contributed by atoms with Crippen LogP contribution in [0, 0.1) is 0 Å². The largest absolute Gasteiger partial charge is 0.487 e. The van der Waals surface area contributed by atoms with Crippen molar-refractivity contribution in [1.82, 2.24) is 4.57 Å². The zero-order chi connectivity index (χ0) is 13.9. The predicted molar refractivity (Wildman–Crippen MR) is 83.4 cm³/mol. The number of rotatable bonds is 4. The van der Waals surface area contributed by atoms with Gasteiger partial charge in [0.25, 0.3) is 0 Å². The highest BCUT2D eigenvalue weighted by Gasteiger charge is 2.10. The molecule has 0 atom stereocenters. The van der Waals surface area contributed by atoms with Gasteiger partial charge in [-0.3, -0.25) is 0 Å². The molecule has 3 heteroatoms. The minimum absolute atomic E-state index is 0.545. The lowest BCUT2D eigenvalue weighted by Crippen LogP contribution is -2.04. The van der Waals surface area contributed by atoms with Gasteiger partial charge in [-0.15, -0.1) is 0 Å². The highest BCUT2D eigenvalue weighted by molar-refractivity contribution is 6.35. The molecule has 0 aliphatic rings. The zero-order valence-corrected chi connectivity index (χ0v) is 12.1. The lowest BCUT2D eigenvalue weighted by Gasteiger charge is -2.09. The van der Waals surface area contributed by atoms with Crippen LogP contribution in [0.1, 0.15) is 12.6 Å². The Morgan fingerprint density at radius 1 is 1.05 bits per heavy atom. The number of hydrogen-bond acceptors (Lipinski definition) is 1. The molecule has 0 saturated carbocycles. The minimum Gasteiger partial charge on any atom is -0.487 e. The molecule has 20 heavy (non-hydrogen) atoms. The molecule has 0 fully saturated rings. The van der Waals surface area contributed by atoms with Gasteiger partial charge in [-0.2, -0.15) is 0 Å². The molecule has 0 bridgehead atoms. The number of aromatic nitrogens is 1. The van der Waals surface area contributed by atoms with Gasteiger partial charge >= 0.3 is 0 Å². The first kappa shape index (κ1) is 13.1. The Bertz CT molecular complexity index is 718. The SMILES string of the molecule is CCn1c(COc2ccccc2)cc2c(Cl)cccc21. The molecular weight excluding hydrogens is 270 g/mol. The molecule has 0 amide bonds. The molecule has 0 unspecified atom stereocenters. The van der Waals surface area contributed by atoms with Crippen LogP contribution in [0.15, 0.2) is 54.6 Å². The minimum atomic E-state index is 0.545. The average molecular weight is 286 g/mol. The molecule has 2 aromatic carbocycles. The van der Waals surface area contributed by atoms with E-state index in [1.807, 2.05) is 42.5 Å². The van der Waals surface area contributed by atoms with Gasteiger partial charge in [0.15, 0.2) is 0 Å². The second-order valence-corrected chi connectivity index (χ2v) is 5.06. The number of aryl methyl sites for hydroxylation is 1. The van der Waals surface area contributed by atoms with Gasteiger partial charge in [0.2, 0.25) is 0 Å². The van der Waals surface area contributed by atoms with Crippen molar-refractivity contribution in [1.29, 1.82) is 0 Å². The number of fused-ring (bicyclic) bond motifs is 1. The molecule has 3 aromatic rings. The van der Waals surface area contributed by atoms with Crippen molar-refractivity contribution in [2.24, 2.45) is 0 Å². The van der Waals surface area contributed by atoms with E-state index in [1.165, 1.54) is 0 Å². The van der Waals surface area contributed by atoms with E-state index in [1.54, 1.807) is 0 Å². The van der Waals surface area contributed by atoms with E-state index in [9.17, 15) is 0 Å². The second kappa shape index (κ2) is 5.59. The standard InChI is InChI=1S/C17H16ClNO/c1-2-19-13(12-20-14-7-4-3-5-8-14)11-15-16(18)9-6-10-17(15)19/h3-11H,2,12H2,1H3. The second-order valence-electron chi connectivity index (χ2n) is 4.65. The quantitative estimate of drug-likeness (QED) is 0.665. The fraction of sp³-hybridized carbons (Fsp3) is 0.176. The Morgan fingerprint density at radius 2 is 1.85 bits per heavy atom. The lowest BCUT2D eigenvalue weighted by molar-refractivity contribution is 0.296.